The number of hydrogen-bond donors (Lipinski definition) is 1. The molecule has 1 N–H and O–H groups in total. The third-order valence-electron chi connectivity index (χ3n) is 3.57. The van der Waals surface area contributed by atoms with Gasteiger partial charge < -0.3 is 5.11 Å². The van der Waals surface area contributed by atoms with Crippen molar-refractivity contribution in [2.45, 2.75) is 90.1 Å². The van der Waals surface area contributed by atoms with Gasteiger partial charge in [0.15, 0.2) is 0 Å². The van der Waals surface area contributed by atoms with Gasteiger partial charge >= 0.3 is 0 Å². The molecule has 0 aliphatic heterocycles. The van der Waals surface area contributed by atoms with Crippen molar-refractivity contribution < 1.29 is 5.11 Å². The minimum absolute atomic E-state index is 0.0487. The fourth-order valence-electron chi connectivity index (χ4n) is 2.32. The van der Waals surface area contributed by atoms with Crippen LogP contribution in [0.25, 0.3) is 0 Å². The first-order chi connectivity index (χ1) is 9.31. The smallest absolute Gasteiger partial charge is 0.0540 e. The fourth-order valence-corrected chi connectivity index (χ4v) is 2.32. The lowest BCUT2D eigenvalue weighted by Crippen LogP contribution is -2.05. The summed E-state index contributed by atoms with van der Waals surface area (Å²) in [6, 6.07) is 0. The lowest BCUT2D eigenvalue weighted by atomic mass is 10.0. The first-order valence-electron chi connectivity index (χ1n) is 8.26. The van der Waals surface area contributed by atoms with E-state index in [2.05, 4.69) is 19.6 Å². The molecule has 0 radical (unpaired) electrons. The highest BCUT2D eigenvalue weighted by atomic mass is 16.3. The maximum absolute atomic E-state index is 9.83. The third-order valence-corrected chi connectivity index (χ3v) is 3.57. The van der Waals surface area contributed by atoms with Gasteiger partial charge in [0.2, 0.25) is 0 Å². The Kier molecular flexibility index (Phi) is 15.0. The summed E-state index contributed by atoms with van der Waals surface area (Å²) >= 11 is 0. The predicted molar refractivity (Wildman–Crippen MR) is 86.4 cm³/mol. The normalized spacial score (nSPS) is 12.9. The maximum Gasteiger partial charge on any atom is 0.0540 e. The van der Waals surface area contributed by atoms with Crippen LogP contribution in [0.2, 0.25) is 0 Å². The summed E-state index contributed by atoms with van der Waals surface area (Å²) in [6.45, 7) is 5.88. The first kappa shape index (κ1) is 18.4. The summed E-state index contributed by atoms with van der Waals surface area (Å²) in [6.07, 6.45) is 20.6. The maximum atomic E-state index is 9.83. The van der Waals surface area contributed by atoms with E-state index in [1.54, 1.807) is 0 Å². The number of hydrogen-bond acceptors (Lipinski definition) is 1. The van der Waals surface area contributed by atoms with Crippen molar-refractivity contribution in [3.63, 3.8) is 0 Å². The van der Waals surface area contributed by atoms with Crippen LogP contribution in [0, 0.1) is 0 Å². The van der Waals surface area contributed by atoms with E-state index in [0.29, 0.717) is 0 Å². The van der Waals surface area contributed by atoms with Crippen molar-refractivity contribution in [1.82, 2.24) is 0 Å². The molecule has 0 saturated carbocycles. The number of aliphatic hydroxyl groups excluding tert-OH is 1. The van der Waals surface area contributed by atoms with Gasteiger partial charge in [-0.25, -0.2) is 0 Å². The molecule has 0 aromatic carbocycles. The molecular formula is C18H34O. The molecule has 1 heteroatoms. The van der Waals surface area contributed by atoms with Crippen molar-refractivity contribution >= 4 is 0 Å². The van der Waals surface area contributed by atoms with Crippen LogP contribution >= 0.6 is 0 Å². The molecule has 0 aromatic heterocycles. The van der Waals surface area contributed by atoms with E-state index < -0.39 is 0 Å². The zero-order chi connectivity index (χ0) is 14.2. The average Bonchev–Trinajstić information content (AvgIpc) is 2.42. The Bertz CT molecular complexity index is 208. The molecule has 112 valence electrons. The molecule has 0 aliphatic rings. The van der Waals surface area contributed by atoms with Gasteiger partial charge in [-0.2, -0.15) is 0 Å². The van der Waals surface area contributed by atoms with E-state index in [1.165, 1.54) is 64.2 Å². The summed E-state index contributed by atoms with van der Waals surface area (Å²) in [7, 11) is 0. The van der Waals surface area contributed by atoms with E-state index in [-0.39, 0.29) is 6.10 Å². The molecular weight excluding hydrogens is 232 g/mol. The molecule has 1 atom stereocenters. The predicted octanol–water partition coefficient (Wildman–Crippen LogP) is 5.79. The number of aliphatic hydroxyl groups is 1. The van der Waals surface area contributed by atoms with Crippen LogP contribution in [0.5, 0.6) is 0 Å². The van der Waals surface area contributed by atoms with Crippen LogP contribution in [0.15, 0.2) is 24.8 Å². The van der Waals surface area contributed by atoms with Crippen LogP contribution in [0.1, 0.15) is 84.0 Å². The highest BCUT2D eigenvalue weighted by molar-refractivity contribution is 4.96. The Balaban J connectivity index is 3.15. The van der Waals surface area contributed by atoms with Crippen molar-refractivity contribution in [2.75, 3.05) is 0 Å². The minimum Gasteiger partial charge on any atom is -0.393 e. The van der Waals surface area contributed by atoms with Crippen molar-refractivity contribution in [3.05, 3.63) is 24.8 Å². The van der Waals surface area contributed by atoms with E-state index in [4.69, 9.17) is 0 Å². The molecule has 0 aliphatic carbocycles. The van der Waals surface area contributed by atoms with Gasteiger partial charge in [0.25, 0.3) is 0 Å². The average molecular weight is 266 g/mol. The lowest BCUT2D eigenvalue weighted by molar-refractivity contribution is 0.147. The quantitative estimate of drug-likeness (QED) is 0.311. The topological polar surface area (TPSA) is 20.2 Å². The summed E-state index contributed by atoms with van der Waals surface area (Å²) in [5.41, 5.74) is 0. The third kappa shape index (κ3) is 15.4. The second kappa shape index (κ2) is 15.5. The van der Waals surface area contributed by atoms with Gasteiger partial charge in [-0.15, -0.1) is 0 Å². The summed E-state index contributed by atoms with van der Waals surface area (Å²) < 4.78 is 0. The van der Waals surface area contributed by atoms with Gasteiger partial charge in [-0.05, 0) is 25.7 Å². The second-order valence-corrected chi connectivity index (χ2v) is 5.51. The molecule has 1 unspecified atom stereocenters. The van der Waals surface area contributed by atoms with E-state index in [1.807, 2.05) is 12.2 Å². The van der Waals surface area contributed by atoms with Crippen LogP contribution < -0.4 is 0 Å². The van der Waals surface area contributed by atoms with Gasteiger partial charge in [0.1, 0.15) is 0 Å². The van der Waals surface area contributed by atoms with E-state index in [0.717, 1.165) is 12.8 Å². The van der Waals surface area contributed by atoms with Crippen molar-refractivity contribution in [1.29, 1.82) is 0 Å². The van der Waals surface area contributed by atoms with Crippen molar-refractivity contribution in [2.24, 2.45) is 0 Å². The van der Waals surface area contributed by atoms with Crippen LogP contribution in [-0.4, -0.2) is 11.2 Å². The summed E-state index contributed by atoms with van der Waals surface area (Å²) in [5.74, 6) is 0. The molecule has 0 rings (SSSR count). The number of unbranched alkanes of at least 4 members (excludes halogenated alkanes) is 8. The lowest BCUT2D eigenvalue weighted by Gasteiger charge is -2.09. The fraction of sp³-hybridized carbons (Fsp3) is 0.778. The van der Waals surface area contributed by atoms with Crippen LogP contribution in [0.4, 0.5) is 0 Å². The van der Waals surface area contributed by atoms with Gasteiger partial charge in [0.05, 0.1) is 6.10 Å². The van der Waals surface area contributed by atoms with E-state index >= 15 is 0 Å². The summed E-state index contributed by atoms with van der Waals surface area (Å²) in [5, 5.41) is 9.83. The summed E-state index contributed by atoms with van der Waals surface area (Å²) in [4.78, 5) is 0. The van der Waals surface area contributed by atoms with Gasteiger partial charge in [0, 0.05) is 0 Å². The number of allylic oxidation sites excluding steroid dienone is 3. The molecule has 0 aromatic rings. The Morgan fingerprint density at radius 1 is 0.895 bits per heavy atom. The van der Waals surface area contributed by atoms with Gasteiger partial charge in [-0.1, -0.05) is 83.1 Å². The van der Waals surface area contributed by atoms with Gasteiger partial charge in [-0.3, -0.25) is 0 Å². The SMILES string of the molecule is C=C/C=C\CCCCCCCC(O)CCCCCC. The minimum atomic E-state index is -0.0487. The van der Waals surface area contributed by atoms with Crippen LogP contribution in [0.3, 0.4) is 0 Å². The largest absolute Gasteiger partial charge is 0.393 e. The Morgan fingerprint density at radius 2 is 1.47 bits per heavy atom. The Hall–Kier alpha value is -0.560. The first-order valence-corrected chi connectivity index (χ1v) is 8.26. The Morgan fingerprint density at radius 3 is 2.11 bits per heavy atom. The molecule has 0 spiro atoms. The van der Waals surface area contributed by atoms with E-state index in [9.17, 15) is 5.11 Å². The molecule has 0 bridgehead atoms. The zero-order valence-corrected chi connectivity index (χ0v) is 12.9. The monoisotopic (exact) mass is 266 g/mol. The standard InChI is InChI=1S/C18H34O/c1-3-5-7-9-10-11-12-13-15-17-18(19)16-14-8-6-4-2/h3,5,7,18-19H,1,4,6,8-17H2,2H3/b7-5-. The molecule has 0 heterocycles. The molecule has 1 nitrogen and oxygen atoms in total. The number of rotatable bonds is 14. The second-order valence-electron chi connectivity index (χ2n) is 5.51. The molecule has 0 saturated heterocycles. The molecule has 0 amide bonds. The van der Waals surface area contributed by atoms with Crippen LogP contribution in [-0.2, 0) is 0 Å². The van der Waals surface area contributed by atoms with Crippen molar-refractivity contribution in [3.8, 4) is 0 Å². The molecule has 19 heavy (non-hydrogen) atoms. The zero-order valence-electron chi connectivity index (χ0n) is 12.9. The molecule has 0 fully saturated rings. The Labute approximate surface area is 120 Å². The highest BCUT2D eigenvalue weighted by Gasteiger charge is 2.03. The highest BCUT2D eigenvalue weighted by Crippen LogP contribution is 2.13.